The molecule has 1 heterocycles. The first-order valence-electron chi connectivity index (χ1n) is 6.06. The van der Waals surface area contributed by atoms with Gasteiger partial charge in [-0.2, -0.15) is 0 Å². The van der Waals surface area contributed by atoms with Gasteiger partial charge in [0.2, 0.25) is 0 Å². The van der Waals surface area contributed by atoms with Crippen LogP contribution in [0.3, 0.4) is 0 Å². The van der Waals surface area contributed by atoms with Crippen molar-refractivity contribution < 1.29 is 5.11 Å². The lowest BCUT2D eigenvalue weighted by molar-refractivity contribution is 0.0746. The Balaban J connectivity index is 2.50. The molecule has 1 aromatic carbocycles. The maximum Gasteiger partial charge on any atom is 0.124 e. The molecule has 18 heavy (non-hydrogen) atoms. The quantitative estimate of drug-likeness (QED) is 0.887. The summed E-state index contributed by atoms with van der Waals surface area (Å²) in [5.74, 6) is 0. The number of aromatic nitrogens is 1. The summed E-state index contributed by atoms with van der Waals surface area (Å²) in [6.07, 6.45) is 0. The van der Waals surface area contributed by atoms with Crippen molar-refractivity contribution >= 4 is 11.3 Å². The smallest absolute Gasteiger partial charge is 0.124 e. The summed E-state index contributed by atoms with van der Waals surface area (Å²) < 4.78 is 0. The number of nitrogens with zero attached hydrogens (tertiary/aromatic N) is 1. The topological polar surface area (TPSA) is 33.1 Å². The highest BCUT2D eigenvalue weighted by molar-refractivity contribution is 7.13. The van der Waals surface area contributed by atoms with Crippen LogP contribution in [0.2, 0.25) is 0 Å². The average molecular weight is 261 g/mol. The fourth-order valence-electron chi connectivity index (χ4n) is 1.87. The van der Waals surface area contributed by atoms with Gasteiger partial charge >= 0.3 is 0 Å². The molecule has 1 N–H and O–H groups in total. The van der Waals surface area contributed by atoms with Crippen LogP contribution in [0.4, 0.5) is 0 Å². The lowest BCUT2D eigenvalue weighted by Gasteiger charge is -2.13. The third-order valence-electron chi connectivity index (χ3n) is 3.42. The number of thiazole rings is 1. The Kier molecular flexibility index (Phi) is 3.30. The monoisotopic (exact) mass is 261 g/mol. The molecule has 0 fully saturated rings. The standard InChI is InChI=1S/C15H19NOS/c1-9-6-7-12(11(3)10(9)2)14-16-13(8-18-14)15(4,5)17/h6-8,17H,1-5H3. The van der Waals surface area contributed by atoms with Crippen LogP contribution >= 0.6 is 11.3 Å². The molecule has 2 aromatic rings. The molecule has 0 aliphatic carbocycles. The molecule has 0 spiro atoms. The zero-order chi connectivity index (χ0) is 13.5. The van der Waals surface area contributed by atoms with Gasteiger partial charge in [0.05, 0.1) is 5.69 Å². The summed E-state index contributed by atoms with van der Waals surface area (Å²) in [4.78, 5) is 4.55. The number of hydrogen-bond acceptors (Lipinski definition) is 3. The first-order chi connectivity index (χ1) is 8.30. The Hall–Kier alpha value is -1.19. The lowest BCUT2D eigenvalue weighted by Crippen LogP contribution is -2.15. The summed E-state index contributed by atoms with van der Waals surface area (Å²) in [6, 6.07) is 4.24. The highest BCUT2D eigenvalue weighted by Crippen LogP contribution is 2.32. The van der Waals surface area contributed by atoms with E-state index >= 15 is 0 Å². The molecule has 2 nitrogen and oxygen atoms in total. The maximum atomic E-state index is 9.96. The fraction of sp³-hybridized carbons (Fsp3) is 0.400. The van der Waals surface area contributed by atoms with E-state index in [9.17, 15) is 5.11 Å². The SMILES string of the molecule is Cc1ccc(-c2nc(C(C)(C)O)cs2)c(C)c1C. The van der Waals surface area contributed by atoms with Crippen LogP contribution in [0.1, 0.15) is 36.2 Å². The van der Waals surface area contributed by atoms with Crippen molar-refractivity contribution in [3.05, 3.63) is 39.9 Å². The van der Waals surface area contributed by atoms with Gasteiger partial charge in [0, 0.05) is 10.9 Å². The third kappa shape index (κ3) is 2.33. The molecule has 3 heteroatoms. The number of aryl methyl sites for hydroxylation is 1. The van der Waals surface area contributed by atoms with Crippen LogP contribution in [0.5, 0.6) is 0 Å². The van der Waals surface area contributed by atoms with E-state index in [-0.39, 0.29) is 0 Å². The lowest BCUT2D eigenvalue weighted by atomic mass is 9.99. The zero-order valence-corrected chi connectivity index (χ0v) is 12.4. The Morgan fingerprint density at radius 3 is 2.33 bits per heavy atom. The second-order valence-corrected chi connectivity index (χ2v) is 6.14. The van der Waals surface area contributed by atoms with Gasteiger partial charge in [0.1, 0.15) is 10.6 Å². The van der Waals surface area contributed by atoms with Crippen LogP contribution in [0.25, 0.3) is 10.6 Å². The van der Waals surface area contributed by atoms with Gasteiger partial charge < -0.3 is 5.11 Å². The van der Waals surface area contributed by atoms with Crippen molar-refractivity contribution in [2.24, 2.45) is 0 Å². The van der Waals surface area contributed by atoms with Crippen LogP contribution in [0.15, 0.2) is 17.5 Å². The van der Waals surface area contributed by atoms with Crippen molar-refractivity contribution in [1.29, 1.82) is 0 Å². The van der Waals surface area contributed by atoms with E-state index in [0.29, 0.717) is 0 Å². The molecule has 0 unspecified atom stereocenters. The molecule has 0 radical (unpaired) electrons. The van der Waals surface area contributed by atoms with Gasteiger partial charge in [-0.1, -0.05) is 12.1 Å². The van der Waals surface area contributed by atoms with Crippen LogP contribution in [0, 0.1) is 20.8 Å². The van der Waals surface area contributed by atoms with Gasteiger partial charge in [-0.25, -0.2) is 4.98 Å². The fourth-order valence-corrected chi connectivity index (χ4v) is 2.93. The molecule has 1 aromatic heterocycles. The highest BCUT2D eigenvalue weighted by atomic mass is 32.1. The Morgan fingerprint density at radius 1 is 1.11 bits per heavy atom. The van der Waals surface area contributed by atoms with Crippen molar-refractivity contribution in [1.82, 2.24) is 4.98 Å². The third-order valence-corrected chi connectivity index (χ3v) is 4.30. The summed E-state index contributed by atoms with van der Waals surface area (Å²) in [6.45, 7) is 9.91. The average Bonchev–Trinajstić information content (AvgIpc) is 2.75. The minimum atomic E-state index is -0.873. The predicted octanol–water partition coefficient (Wildman–Crippen LogP) is 3.96. The Morgan fingerprint density at radius 2 is 1.78 bits per heavy atom. The van der Waals surface area contributed by atoms with Gasteiger partial charge in [0.15, 0.2) is 0 Å². The Bertz CT molecular complexity index is 579. The number of rotatable bonds is 2. The number of aliphatic hydroxyl groups is 1. The second-order valence-electron chi connectivity index (χ2n) is 5.28. The predicted molar refractivity (Wildman–Crippen MR) is 77.0 cm³/mol. The van der Waals surface area contributed by atoms with E-state index in [4.69, 9.17) is 0 Å². The number of hydrogen-bond donors (Lipinski definition) is 1. The van der Waals surface area contributed by atoms with Gasteiger partial charge in [-0.05, 0) is 51.3 Å². The molecular weight excluding hydrogens is 242 g/mol. The minimum absolute atomic E-state index is 0.736. The van der Waals surface area contributed by atoms with Crippen molar-refractivity contribution in [3.8, 4) is 10.6 Å². The zero-order valence-electron chi connectivity index (χ0n) is 11.5. The molecule has 0 atom stereocenters. The molecule has 2 rings (SSSR count). The van der Waals surface area contributed by atoms with Crippen molar-refractivity contribution in [2.75, 3.05) is 0 Å². The number of benzene rings is 1. The van der Waals surface area contributed by atoms with E-state index in [1.54, 1.807) is 25.2 Å². The van der Waals surface area contributed by atoms with E-state index in [0.717, 1.165) is 10.7 Å². The van der Waals surface area contributed by atoms with Crippen molar-refractivity contribution in [2.45, 2.75) is 40.2 Å². The minimum Gasteiger partial charge on any atom is -0.384 e. The molecule has 96 valence electrons. The summed E-state index contributed by atoms with van der Waals surface area (Å²) >= 11 is 1.59. The molecule has 0 aliphatic heterocycles. The van der Waals surface area contributed by atoms with Crippen LogP contribution in [-0.2, 0) is 5.60 Å². The van der Waals surface area contributed by atoms with Crippen molar-refractivity contribution in [3.63, 3.8) is 0 Å². The van der Waals surface area contributed by atoms with Gasteiger partial charge in [-0.15, -0.1) is 11.3 Å². The summed E-state index contributed by atoms with van der Waals surface area (Å²) in [5.41, 5.74) is 4.91. The molecule has 0 saturated heterocycles. The van der Waals surface area contributed by atoms with E-state index in [2.05, 4.69) is 37.9 Å². The molecule has 0 saturated carbocycles. The van der Waals surface area contributed by atoms with E-state index in [1.165, 1.54) is 22.3 Å². The first kappa shape index (κ1) is 13.2. The highest BCUT2D eigenvalue weighted by Gasteiger charge is 2.20. The molecule has 0 amide bonds. The van der Waals surface area contributed by atoms with E-state index in [1.807, 2.05) is 5.38 Å². The molecule has 0 aliphatic rings. The molecule has 0 bridgehead atoms. The summed E-state index contributed by atoms with van der Waals surface area (Å²) in [7, 11) is 0. The summed E-state index contributed by atoms with van der Waals surface area (Å²) in [5, 5.41) is 12.9. The maximum absolute atomic E-state index is 9.96. The van der Waals surface area contributed by atoms with Crippen LogP contribution in [-0.4, -0.2) is 10.1 Å². The van der Waals surface area contributed by atoms with E-state index < -0.39 is 5.60 Å². The van der Waals surface area contributed by atoms with Gasteiger partial charge in [-0.3, -0.25) is 0 Å². The molecular formula is C15H19NOS. The first-order valence-corrected chi connectivity index (χ1v) is 6.94. The Labute approximate surface area is 112 Å². The normalized spacial score (nSPS) is 11.9. The second kappa shape index (κ2) is 4.48. The van der Waals surface area contributed by atoms with Gasteiger partial charge in [0.25, 0.3) is 0 Å². The largest absolute Gasteiger partial charge is 0.384 e. The van der Waals surface area contributed by atoms with Crippen LogP contribution < -0.4 is 0 Å².